The van der Waals surface area contributed by atoms with Crippen LogP contribution in [-0.2, 0) is 21.9 Å². The van der Waals surface area contributed by atoms with Crippen LogP contribution in [0.4, 0.5) is 0 Å². The van der Waals surface area contributed by atoms with Crippen LogP contribution in [0, 0.1) is 19.8 Å². The van der Waals surface area contributed by atoms with E-state index in [0.717, 1.165) is 5.56 Å². The predicted octanol–water partition coefficient (Wildman–Crippen LogP) is 2.98. The SMILES string of the molecule is Cc1noc(C)c1S(=O)(=O)N1CCC(C(=O)NC(c2ccc(Cl)cc2)c2nccn2C)CC1. The first-order valence-electron chi connectivity index (χ1n) is 10.6. The Balaban J connectivity index is 1.47. The highest BCUT2D eigenvalue weighted by Crippen LogP contribution is 2.29. The van der Waals surface area contributed by atoms with Gasteiger partial charge in [0.05, 0.1) is 0 Å². The molecule has 11 heteroatoms. The van der Waals surface area contributed by atoms with Crippen LogP contribution in [0.15, 0.2) is 46.1 Å². The van der Waals surface area contributed by atoms with Crippen molar-refractivity contribution in [3.8, 4) is 0 Å². The minimum Gasteiger partial charge on any atom is -0.360 e. The number of benzene rings is 1. The zero-order valence-electron chi connectivity index (χ0n) is 18.7. The first-order valence-corrected chi connectivity index (χ1v) is 12.5. The Morgan fingerprint density at radius 2 is 1.88 bits per heavy atom. The van der Waals surface area contributed by atoms with Crippen molar-refractivity contribution >= 4 is 27.5 Å². The van der Waals surface area contributed by atoms with Gasteiger partial charge in [-0.25, -0.2) is 13.4 Å². The molecular formula is C22H26ClN5O4S. The van der Waals surface area contributed by atoms with Crippen LogP contribution < -0.4 is 5.32 Å². The third kappa shape index (κ3) is 4.68. The Labute approximate surface area is 197 Å². The number of nitrogens with one attached hydrogen (secondary N) is 1. The second-order valence-electron chi connectivity index (χ2n) is 8.22. The molecule has 33 heavy (non-hydrogen) atoms. The quantitative estimate of drug-likeness (QED) is 0.567. The Morgan fingerprint density at radius 1 is 1.21 bits per heavy atom. The summed E-state index contributed by atoms with van der Waals surface area (Å²) in [7, 11) is -1.85. The number of hydrogen-bond donors (Lipinski definition) is 1. The van der Waals surface area contributed by atoms with Gasteiger partial charge in [-0.3, -0.25) is 4.79 Å². The number of carbonyl (C=O) groups excluding carboxylic acids is 1. The Hall–Kier alpha value is -2.69. The molecule has 1 aliphatic heterocycles. The number of hydrogen-bond acceptors (Lipinski definition) is 6. The number of amides is 1. The van der Waals surface area contributed by atoms with Crippen molar-refractivity contribution in [2.45, 2.75) is 37.6 Å². The molecule has 176 valence electrons. The van der Waals surface area contributed by atoms with Crippen molar-refractivity contribution in [3.05, 3.63) is 64.5 Å². The monoisotopic (exact) mass is 491 g/mol. The molecule has 2 aromatic heterocycles. The van der Waals surface area contributed by atoms with Gasteiger partial charge in [0, 0.05) is 43.5 Å². The minimum absolute atomic E-state index is 0.114. The summed E-state index contributed by atoms with van der Waals surface area (Å²) in [6.45, 7) is 3.69. The summed E-state index contributed by atoms with van der Waals surface area (Å²) in [4.78, 5) is 17.7. The van der Waals surface area contributed by atoms with Gasteiger partial charge in [0.25, 0.3) is 0 Å². The van der Waals surface area contributed by atoms with Crippen molar-refractivity contribution in [3.63, 3.8) is 0 Å². The van der Waals surface area contributed by atoms with E-state index in [9.17, 15) is 13.2 Å². The number of aryl methyl sites for hydroxylation is 3. The van der Waals surface area contributed by atoms with Crippen molar-refractivity contribution < 1.29 is 17.7 Å². The molecule has 0 saturated carbocycles. The molecule has 1 atom stereocenters. The summed E-state index contributed by atoms with van der Waals surface area (Å²) < 4.78 is 34.4. The van der Waals surface area contributed by atoms with Gasteiger partial charge in [0.15, 0.2) is 5.76 Å². The van der Waals surface area contributed by atoms with Crippen LogP contribution in [0.5, 0.6) is 0 Å². The fraction of sp³-hybridized carbons (Fsp3) is 0.409. The Kier molecular flexibility index (Phi) is 6.60. The third-order valence-corrected chi connectivity index (χ3v) is 8.39. The molecule has 9 nitrogen and oxygen atoms in total. The fourth-order valence-electron chi connectivity index (χ4n) is 4.20. The molecule has 1 amide bonds. The molecule has 1 saturated heterocycles. The van der Waals surface area contributed by atoms with E-state index >= 15 is 0 Å². The van der Waals surface area contributed by atoms with E-state index in [0.29, 0.717) is 29.4 Å². The van der Waals surface area contributed by atoms with E-state index in [1.165, 1.54) is 4.31 Å². The van der Waals surface area contributed by atoms with E-state index in [-0.39, 0.29) is 35.6 Å². The lowest BCUT2D eigenvalue weighted by Gasteiger charge is -2.31. The van der Waals surface area contributed by atoms with E-state index in [1.807, 2.05) is 29.9 Å². The first-order chi connectivity index (χ1) is 15.7. The molecule has 0 spiro atoms. The molecule has 0 radical (unpaired) electrons. The lowest BCUT2D eigenvalue weighted by atomic mass is 9.96. The van der Waals surface area contributed by atoms with Crippen molar-refractivity contribution in [1.29, 1.82) is 0 Å². The normalized spacial score (nSPS) is 16.6. The zero-order chi connectivity index (χ0) is 23.8. The molecule has 4 rings (SSSR count). The second-order valence-corrected chi connectivity index (χ2v) is 10.5. The number of sulfonamides is 1. The summed E-state index contributed by atoms with van der Waals surface area (Å²) in [6, 6.07) is 6.83. The standard InChI is InChI=1S/C22H26ClN5O4S/c1-14-20(15(2)32-26-14)33(30,31)28-11-8-17(9-12-28)22(29)25-19(21-24-10-13-27(21)3)16-4-6-18(23)7-5-16/h4-7,10,13,17,19H,8-9,11-12H2,1-3H3,(H,25,29). The second kappa shape index (κ2) is 9.28. The first kappa shape index (κ1) is 23.5. The van der Waals surface area contributed by atoms with E-state index in [4.69, 9.17) is 16.1 Å². The van der Waals surface area contributed by atoms with E-state index < -0.39 is 16.1 Å². The van der Waals surface area contributed by atoms with Gasteiger partial charge in [0.1, 0.15) is 22.5 Å². The number of nitrogens with zero attached hydrogens (tertiary/aromatic N) is 4. The third-order valence-electron chi connectivity index (χ3n) is 6.00. The van der Waals surface area contributed by atoms with Gasteiger partial charge in [-0.05, 0) is 44.4 Å². The van der Waals surface area contributed by atoms with Crippen molar-refractivity contribution in [1.82, 2.24) is 24.3 Å². The van der Waals surface area contributed by atoms with Crippen LogP contribution in [0.2, 0.25) is 5.02 Å². The maximum atomic E-state index is 13.2. The van der Waals surface area contributed by atoms with Crippen molar-refractivity contribution in [2.75, 3.05) is 13.1 Å². The molecule has 1 aliphatic rings. The van der Waals surface area contributed by atoms with Crippen LogP contribution in [0.25, 0.3) is 0 Å². The molecule has 0 aliphatic carbocycles. The average Bonchev–Trinajstić information content (AvgIpc) is 3.37. The lowest BCUT2D eigenvalue weighted by Crippen LogP contribution is -2.44. The summed E-state index contributed by atoms with van der Waals surface area (Å²) in [5.74, 6) is 0.529. The molecule has 3 heterocycles. The molecule has 1 N–H and O–H groups in total. The highest BCUT2D eigenvalue weighted by atomic mass is 35.5. The highest BCUT2D eigenvalue weighted by Gasteiger charge is 2.36. The topological polar surface area (TPSA) is 110 Å². The molecule has 1 fully saturated rings. The average molecular weight is 492 g/mol. The van der Waals surface area contributed by atoms with Gasteiger partial charge in [-0.2, -0.15) is 4.31 Å². The van der Waals surface area contributed by atoms with Crippen LogP contribution in [0.1, 0.15) is 41.7 Å². The number of piperidine rings is 1. The molecule has 1 aromatic carbocycles. The van der Waals surface area contributed by atoms with Gasteiger partial charge in [0.2, 0.25) is 15.9 Å². The molecule has 1 unspecified atom stereocenters. The molecule has 0 bridgehead atoms. The van der Waals surface area contributed by atoms with Gasteiger partial charge >= 0.3 is 0 Å². The maximum absolute atomic E-state index is 13.2. The summed E-state index contributed by atoms with van der Waals surface area (Å²) in [6.07, 6.45) is 4.34. The summed E-state index contributed by atoms with van der Waals surface area (Å²) in [5, 5.41) is 7.47. The molecular weight excluding hydrogens is 466 g/mol. The maximum Gasteiger partial charge on any atom is 0.248 e. The van der Waals surface area contributed by atoms with Gasteiger partial charge in [-0.1, -0.05) is 28.9 Å². The van der Waals surface area contributed by atoms with Gasteiger partial charge in [-0.15, -0.1) is 0 Å². The van der Waals surface area contributed by atoms with Gasteiger partial charge < -0.3 is 14.4 Å². The van der Waals surface area contributed by atoms with Crippen molar-refractivity contribution in [2.24, 2.45) is 13.0 Å². The summed E-state index contributed by atoms with van der Waals surface area (Å²) >= 11 is 6.04. The largest absolute Gasteiger partial charge is 0.360 e. The number of imidazole rings is 1. The van der Waals surface area contributed by atoms with E-state index in [1.54, 1.807) is 32.2 Å². The fourth-order valence-corrected chi connectivity index (χ4v) is 6.08. The predicted molar refractivity (Wildman–Crippen MR) is 122 cm³/mol. The number of carbonyl (C=O) groups is 1. The minimum atomic E-state index is -3.72. The molecule has 3 aromatic rings. The Morgan fingerprint density at radius 3 is 2.42 bits per heavy atom. The van der Waals surface area contributed by atoms with Crippen LogP contribution >= 0.6 is 11.6 Å². The smallest absolute Gasteiger partial charge is 0.248 e. The van der Waals surface area contributed by atoms with E-state index in [2.05, 4.69) is 15.5 Å². The number of halogens is 1. The van der Waals surface area contributed by atoms with Crippen LogP contribution in [-0.4, -0.2) is 46.4 Å². The summed E-state index contributed by atoms with van der Waals surface area (Å²) in [5.41, 5.74) is 1.20. The lowest BCUT2D eigenvalue weighted by molar-refractivity contribution is -0.126. The number of rotatable bonds is 6. The van der Waals surface area contributed by atoms with Crippen LogP contribution in [0.3, 0.4) is 0 Å². The number of aromatic nitrogens is 3. The zero-order valence-corrected chi connectivity index (χ0v) is 20.2. The Bertz CT molecular complexity index is 1220. The highest BCUT2D eigenvalue weighted by molar-refractivity contribution is 7.89.